The molecule has 0 aliphatic heterocycles. The van der Waals surface area contributed by atoms with Crippen molar-refractivity contribution < 1.29 is 14.3 Å². The molecule has 1 rings (SSSR count). The number of amides is 1. The first-order chi connectivity index (χ1) is 9.66. The third kappa shape index (κ3) is 4.84. The summed E-state index contributed by atoms with van der Waals surface area (Å²) < 4.78 is 5.93. The van der Waals surface area contributed by atoms with Crippen molar-refractivity contribution in [2.45, 2.75) is 34.6 Å². The van der Waals surface area contributed by atoms with E-state index in [2.05, 4.69) is 21.2 Å². The Morgan fingerprint density at radius 2 is 1.95 bits per heavy atom. The van der Waals surface area contributed by atoms with E-state index in [-0.39, 0.29) is 12.5 Å². The first-order valence-corrected chi connectivity index (χ1v) is 7.69. The van der Waals surface area contributed by atoms with Crippen LogP contribution in [-0.4, -0.2) is 18.5 Å². The smallest absolute Gasteiger partial charge is 0.319 e. The molecular weight excluding hydrogens is 334 g/mol. The maximum Gasteiger partial charge on any atom is 0.319 e. The highest BCUT2D eigenvalue weighted by Crippen LogP contribution is 2.29. The molecule has 1 aromatic rings. The van der Waals surface area contributed by atoms with E-state index < -0.39 is 17.3 Å². The fourth-order valence-electron chi connectivity index (χ4n) is 1.96. The second-order valence-electron chi connectivity index (χ2n) is 6.00. The Hall–Kier alpha value is -1.36. The number of aryl methyl sites for hydroxylation is 1. The van der Waals surface area contributed by atoms with Crippen LogP contribution < -0.4 is 5.32 Å². The van der Waals surface area contributed by atoms with Crippen LogP contribution >= 0.6 is 15.9 Å². The van der Waals surface area contributed by atoms with Gasteiger partial charge in [-0.1, -0.05) is 42.8 Å². The summed E-state index contributed by atoms with van der Waals surface area (Å²) in [5.74, 6) is -1.69. The molecule has 0 aliphatic rings. The predicted octanol–water partition coefficient (Wildman–Crippen LogP) is 3.92. The number of halogens is 1. The number of rotatable bonds is 4. The van der Waals surface area contributed by atoms with Gasteiger partial charge in [0.25, 0.3) is 0 Å². The zero-order chi connectivity index (χ0) is 16.2. The minimum Gasteiger partial charge on any atom is -0.465 e. The maximum atomic E-state index is 12.4. The molecule has 4 nitrogen and oxygen atoms in total. The van der Waals surface area contributed by atoms with E-state index in [1.54, 1.807) is 6.92 Å². The van der Waals surface area contributed by atoms with Crippen LogP contribution in [0.5, 0.6) is 0 Å². The number of anilines is 1. The number of hydrogen-bond donors (Lipinski definition) is 1. The van der Waals surface area contributed by atoms with Crippen molar-refractivity contribution in [3.05, 3.63) is 28.2 Å². The first kappa shape index (κ1) is 17.7. The SMILES string of the molecule is CCOC(=O)C(C(=O)Nc1ccc(C)c(Br)c1)C(C)(C)C. The fourth-order valence-corrected chi connectivity index (χ4v) is 2.34. The Labute approximate surface area is 134 Å². The van der Waals surface area contributed by atoms with Gasteiger partial charge >= 0.3 is 5.97 Å². The molecule has 116 valence electrons. The van der Waals surface area contributed by atoms with E-state index in [4.69, 9.17) is 4.74 Å². The lowest BCUT2D eigenvalue weighted by atomic mass is 9.80. The molecule has 0 bridgehead atoms. The van der Waals surface area contributed by atoms with E-state index >= 15 is 0 Å². The second-order valence-corrected chi connectivity index (χ2v) is 6.86. The van der Waals surface area contributed by atoms with Crippen molar-refractivity contribution in [3.8, 4) is 0 Å². The Morgan fingerprint density at radius 1 is 1.33 bits per heavy atom. The molecule has 0 aliphatic carbocycles. The summed E-state index contributed by atoms with van der Waals surface area (Å²) in [7, 11) is 0. The number of ether oxygens (including phenoxy) is 1. The topological polar surface area (TPSA) is 55.4 Å². The highest BCUT2D eigenvalue weighted by molar-refractivity contribution is 9.10. The van der Waals surface area contributed by atoms with Gasteiger partial charge in [0.2, 0.25) is 5.91 Å². The zero-order valence-electron chi connectivity index (χ0n) is 13.1. The van der Waals surface area contributed by atoms with E-state index in [0.717, 1.165) is 10.0 Å². The Kier molecular flexibility index (Phi) is 5.96. The standard InChI is InChI=1S/C16H22BrNO3/c1-6-21-15(20)13(16(3,4)5)14(19)18-11-8-7-10(2)12(17)9-11/h7-9,13H,6H2,1-5H3,(H,18,19). The largest absolute Gasteiger partial charge is 0.465 e. The minimum absolute atomic E-state index is 0.259. The van der Waals surface area contributed by atoms with Crippen molar-refractivity contribution >= 4 is 33.5 Å². The molecule has 21 heavy (non-hydrogen) atoms. The third-order valence-corrected chi connectivity index (χ3v) is 3.94. The van der Waals surface area contributed by atoms with Crippen molar-refractivity contribution in [3.63, 3.8) is 0 Å². The number of nitrogens with one attached hydrogen (secondary N) is 1. The Balaban J connectivity index is 2.96. The normalized spacial score (nSPS) is 12.7. The van der Waals surface area contributed by atoms with Gasteiger partial charge in [-0.3, -0.25) is 9.59 Å². The third-order valence-electron chi connectivity index (χ3n) is 3.09. The van der Waals surface area contributed by atoms with Crippen molar-refractivity contribution in [1.29, 1.82) is 0 Å². The molecule has 0 fully saturated rings. The van der Waals surface area contributed by atoms with Crippen LogP contribution in [0, 0.1) is 18.3 Å². The molecule has 0 saturated carbocycles. The summed E-state index contributed by atoms with van der Waals surface area (Å²) >= 11 is 3.42. The number of carbonyl (C=O) groups is 2. The monoisotopic (exact) mass is 355 g/mol. The highest BCUT2D eigenvalue weighted by Gasteiger charge is 2.38. The summed E-state index contributed by atoms with van der Waals surface area (Å²) in [5, 5.41) is 2.79. The first-order valence-electron chi connectivity index (χ1n) is 6.90. The minimum atomic E-state index is -0.850. The number of hydrogen-bond acceptors (Lipinski definition) is 3. The van der Waals surface area contributed by atoms with Gasteiger partial charge in [0, 0.05) is 10.2 Å². The quantitative estimate of drug-likeness (QED) is 0.657. The van der Waals surface area contributed by atoms with Crippen LogP contribution in [0.25, 0.3) is 0 Å². The molecule has 0 spiro atoms. The van der Waals surface area contributed by atoms with Gasteiger partial charge in [-0.05, 0) is 37.0 Å². The van der Waals surface area contributed by atoms with Crippen LogP contribution in [0.2, 0.25) is 0 Å². The van der Waals surface area contributed by atoms with Crippen LogP contribution in [0.1, 0.15) is 33.3 Å². The molecule has 1 N–H and O–H groups in total. The van der Waals surface area contributed by atoms with E-state index in [9.17, 15) is 9.59 Å². The number of carbonyl (C=O) groups excluding carboxylic acids is 2. The summed E-state index contributed by atoms with van der Waals surface area (Å²) in [6.45, 7) is 9.49. The molecule has 1 atom stereocenters. The summed E-state index contributed by atoms with van der Waals surface area (Å²) in [6, 6.07) is 5.52. The molecule has 1 aromatic carbocycles. The zero-order valence-corrected chi connectivity index (χ0v) is 14.7. The summed E-state index contributed by atoms with van der Waals surface area (Å²) in [5.41, 5.74) is 1.21. The van der Waals surface area contributed by atoms with Gasteiger partial charge < -0.3 is 10.1 Å². The van der Waals surface area contributed by atoms with Gasteiger partial charge in [0.1, 0.15) is 5.92 Å². The van der Waals surface area contributed by atoms with Crippen molar-refractivity contribution in [2.24, 2.45) is 11.3 Å². The molecule has 0 saturated heterocycles. The van der Waals surface area contributed by atoms with Crippen LogP contribution in [0.4, 0.5) is 5.69 Å². The molecule has 1 unspecified atom stereocenters. The fraction of sp³-hybridized carbons (Fsp3) is 0.500. The summed E-state index contributed by atoms with van der Waals surface area (Å²) in [4.78, 5) is 24.5. The van der Waals surface area contributed by atoms with Crippen molar-refractivity contribution in [1.82, 2.24) is 0 Å². The van der Waals surface area contributed by atoms with E-state index in [1.165, 1.54) is 0 Å². The Morgan fingerprint density at radius 3 is 2.43 bits per heavy atom. The summed E-state index contributed by atoms with van der Waals surface area (Å²) in [6.07, 6.45) is 0. The van der Waals surface area contributed by atoms with Gasteiger partial charge in [-0.25, -0.2) is 0 Å². The van der Waals surface area contributed by atoms with Gasteiger partial charge in [-0.2, -0.15) is 0 Å². The highest BCUT2D eigenvalue weighted by atomic mass is 79.9. The Bertz CT molecular complexity index is 535. The van der Waals surface area contributed by atoms with Crippen molar-refractivity contribution in [2.75, 3.05) is 11.9 Å². The lowest BCUT2D eigenvalue weighted by Crippen LogP contribution is -2.40. The van der Waals surface area contributed by atoms with Crippen LogP contribution in [0.3, 0.4) is 0 Å². The van der Waals surface area contributed by atoms with Crippen LogP contribution in [-0.2, 0) is 14.3 Å². The average Bonchev–Trinajstić information content (AvgIpc) is 2.32. The lowest BCUT2D eigenvalue weighted by molar-refractivity contribution is -0.155. The van der Waals surface area contributed by atoms with Crippen LogP contribution in [0.15, 0.2) is 22.7 Å². The molecule has 0 radical (unpaired) electrons. The van der Waals surface area contributed by atoms with Gasteiger partial charge in [-0.15, -0.1) is 0 Å². The molecule has 5 heteroatoms. The predicted molar refractivity (Wildman–Crippen MR) is 87.1 cm³/mol. The number of esters is 1. The average molecular weight is 356 g/mol. The van der Waals surface area contributed by atoms with E-state index in [0.29, 0.717) is 5.69 Å². The maximum absolute atomic E-state index is 12.4. The number of benzene rings is 1. The lowest BCUT2D eigenvalue weighted by Gasteiger charge is -2.27. The van der Waals surface area contributed by atoms with Gasteiger partial charge in [0.05, 0.1) is 6.61 Å². The molecule has 1 amide bonds. The molecular formula is C16H22BrNO3. The molecule has 0 aromatic heterocycles. The second kappa shape index (κ2) is 7.07. The van der Waals surface area contributed by atoms with E-state index in [1.807, 2.05) is 45.9 Å². The van der Waals surface area contributed by atoms with Gasteiger partial charge in [0.15, 0.2) is 0 Å². The molecule has 0 heterocycles.